The molecule has 4 rings (SSSR count). The molecular weight excluding hydrogens is 386 g/mol. The van der Waals surface area contributed by atoms with Gasteiger partial charge < -0.3 is 16.0 Å². The van der Waals surface area contributed by atoms with Crippen molar-refractivity contribution in [3.05, 3.63) is 95.1 Å². The highest BCUT2D eigenvalue weighted by Crippen LogP contribution is 2.25. The maximum absolute atomic E-state index is 13.3. The summed E-state index contributed by atoms with van der Waals surface area (Å²) in [4.78, 5) is 25.7. The summed E-state index contributed by atoms with van der Waals surface area (Å²) < 4.78 is 0. The van der Waals surface area contributed by atoms with Crippen molar-refractivity contribution < 1.29 is 9.59 Å². The fourth-order valence-corrected chi connectivity index (χ4v) is 3.43. The van der Waals surface area contributed by atoms with Crippen LogP contribution in [0.2, 0.25) is 0 Å². The minimum absolute atomic E-state index is 0.0813. The van der Waals surface area contributed by atoms with Gasteiger partial charge in [0, 0.05) is 23.0 Å². The van der Waals surface area contributed by atoms with Gasteiger partial charge in [-0.2, -0.15) is 0 Å². The molecule has 0 aliphatic heterocycles. The molecule has 0 spiro atoms. The number of hydrogen-bond donors (Lipinski definition) is 3. The predicted molar refractivity (Wildman–Crippen MR) is 124 cm³/mol. The van der Waals surface area contributed by atoms with Gasteiger partial charge >= 0.3 is 0 Å². The van der Waals surface area contributed by atoms with Gasteiger partial charge in [0.05, 0.1) is 0 Å². The lowest BCUT2D eigenvalue weighted by Gasteiger charge is -2.21. The summed E-state index contributed by atoms with van der Waals surface area (Å²) in [7, 11) is 0. The van der Waals surface area contributed by atoms with Gasteiger partial charge in [-0.05, 0) is 67.6 Å². The van der Waals surface area contributed by atoms with Crippen molar-refractivity contribution in [3.8, 4) is 0 Å². The van der Waals surface area contributed by atoms with Gasteiger partial charge in [-0.3, -0.25) is 9.59 Å². The van der Waals surface area contributed by atoms with Gasteiger partial charge in [-0.15, -0.1) is 0 Å². The van der Waals surface area contributed by atoms with Crippen LogP contribution in [0.15, 0.2) is 72.8 Å². The lowest BCUT2D eigenvalue weighted by molar-refractivity contribution is -0.117. The number of benzene rings is 3. The number of rotatable bonds is 7. The highest BCUT2D eigenvalue weighted by atomic mass is 16.2. The van der Waals surface area contributed by atoms with E-state index < -0.39 is 6.04 Å². The van der Waals surface area contributed by atoms with E-state index in [1.165, 1.54) is 0 Å². The summed E-state index contributed by atoms with van der Waals surface area (Å²) in [6, 6.07) is 22.5. The molecule has 3 N–H and O–H groups in total. The lowest BCUT2D eigenvalue weighted by Crippen LogP contribution is -2.28. The quantitative estimate of drug-likeness (QED) is 0.511. The smallest absolute Gasteiger partial charge is 0.251 e. The van der Waals surface area contributed by atoms with Gasteiger partial charge in [0.1, 0.15) is 6.04 Å². The maximum atomic E-state index is 13.3. The fourth-order valence-electron chi connectivity index (χ4n) is 3.43. The fraction of sp³-hybridized carbons (Fsp3) is 0.231. The summed E-state index contributed by atoms with van der Waals surface area (Å²) in [5.74, 6) is -0.241. The molecule has 0 heterocycles. The van der Waals surface area contributed by atoms with Crippen molar-refractivity contribution >= 4 is 23.2 Å². The number of carbonyl (C=O) groups excluding carboxylic acids is 2. The van der Waals surface area contributed by atoms with E-state index in [9.17, 15) is 9.59 Å². The van der Waals surface area contributed by atoms with Crippen LogP contribution in [0.25, 0.3) is 0 Å². The van der Waals surface area contributed by atoms with Crippen molar-refractivity contribution in [2.24, 2.45) is 0 Å². The van der Waals surface area contributed by atoms with E-state index in [4.69, 9.17) is 0 Å². The second-order valence-corrected chi connectivity index (χ2v) is 8.12. The first-order valence-corrected chi connectivity index (χ1v) is 10.6. The molecule has 0 unspecified atom stereocenters. The highest BCUT2D eigenvalue weighted by molar-refractivity contribution is 5.99. The van der Waals surface area contributed by atoms with E-state index in [-0.39, 0.29) is 11.8 Å². The van der Waals surface area contributed by atoms with Crippen molar-refractivity contribution in [1.82, 2.24) is 5.32 Å². The molecule has 1 fully saturated rings. The molecule has 5 heteroatoms. The van der Waals surface area contributed by atoms with Crippen LogP contribution in [0, 0.1) is 13.8 Å². The Kier molecular flexibility index (Phi) is 6.03. The first-order chi connectivity index (χ1) is 15.0. The third-order valence-corrected chi connectivity index (χ3v) is 5.39. The molecule has 158 valence electrons. The number of amides is 2. The Hall–Kier alpha value is -3.60. The average Bonchev–Trinajstić information content (AvgIpc) is 3.59. The van der Waals surface area contributed by atoms with E-state index >= 15 is 0 Å². The monoisotopic (exact) mass is 413 g/mol. The van der Waals surface area contributed by atoms with E-state index in [0.29, 0.717) is 17.3 Å². The molecular formula is C26H27N3O2. The standard InChI is InChI=1S/C26H27N3O2/c1-17-11-12-18(2)23(15-17)29-26(31)24(19-7-4-3-5-8-19)27-22-10-6-9-20(16-22)25(30)28-21-13-14-21/h3-12,15-16,21,24,27H,13-14H2,1-2H3,(H,28,30)(H,29,31)/t24-/m1/s1. The van der Waals surface area contributed by atoms with Crippen LogP contribution in [0.5, 0.6) is 0 Å². The number of aryl methyl sites for hydroxylation is 2. The largest absolute Gasteiger partial charge is 0.370 e. The van der Waals surface area contributed by atoms with Gasteiger partial charge in [-0.25, -0.2) is 0 Å². The van der Waals surface area contributed by atoms with Crippen molar-refractivity contribution in [2.45, 2.75) is 38.8 Å². The summed E-state index contributed by atoms with van der Waals surface area (Å²) in [6.07, 6.45) is 2.08. The molecule has 1 atom stereocenters. The minimum Gasteiger partial charge on any atom is -0.370 e. The maximum Gasteiger partial charge on any atom is 0.251 e. The summed E-state index contributed by atoms with van der Waals surface area (Å²) >= 11 is 0. The Labute approximate surface area is 182 Å². The van der Waals surface area contributed by atoms with Crippen LogP contribution in [0.1, 0.15) is 45.9 Å². The van der Waals surface area contributed by atoms with Gasteiger partial charge in [0.2, 0.25) is 0 Å². The van der Waals surface area contributed by atoms with Crippen LogP contribution in [0.3, 0.4) is 0 Å². The van der Waals surface area contributed by atoms with E-state index in [0.717, 1.165) is 35.2 Å². The third-order valence-electron chi connectivity index (χ3n) is 5.39. The topological polar surface area (TPSA) is 70.2 Å². The second kappa shape index (κ2) is 9.04. The van der Waals surface area contributed by atoms with E-state index in [2.05, 4.69) is 16.0 Å². The zero-order valence-corrected chi connectivity index (χ0v) is 17.8. The van der Waals surface area contributed by atoms with E-state index in [1.807, 2.05) is 74.5 Å². The Morgan fingerprint density at radius 2 is 1.68 bits per heavy atom. The van der Waals surface area contributed by atoms with E-state index in [1.54, 1.807) is 12.1 Å². The molecule has 0 bridgehead atoms. The number of nitrogens with one attached hydrogen (secondary N) is 3. The average molecular weight is 414 g/mol. The molecule has 3 aromatic rings. The number of carbonyl (C=O) groups is 2. The molecule has 0 radical (unpaired) electrons. The van der Waals surface area contributed by atoms with Gasteiger partial charge in [-0.1, -0.05) is 48.5 Å². The van der Waals surface area contributed by atoms with Gasteiger partial charge in [0.15, 0.2) is 0 Å². The van der Waals surface area contributed by atoms with Crippen molar-refractivity contribution in [2.75, 3.05) is 10.6 Å². The summed E-state index contributed by atoms with van der Waals surface area (Å²) in [5, 5.41) is 9.39. The minimum atomic E-state index is -0.608. The SMILES string of the molecule is Cc1ccc(C)c(NC(=O)[C@H](Nc2cccc(C(=O)NC3CC3)c2)c2ccccc2)c1. The second-order valence-electron chi connectivity index (χ2n) is 8.12. The Morgan fingerprint density at radius 1 is 0.903 bits per heavy atom. The first kappa shape index (κ1) is 20.7. The molecule has 0 aromatic heterocycles. The molecule has 2 amide bonds. The van der Waals surface area contributed by atoms with Crippen molar-refractivity contribution in [3.63, 3.8) is 0 Å². The zero-order chi connectivity index (χ0) is 21.8. The molecule has 3 aromatic carbocycles. The molecule has 5 nitrogen and oxygen atoms in total. The van der Waals surface area contributed by atoms with Gasteiger partial charge in [0.25, 0.3) is 11.8 Å². The molecule has 1 aliphatic rings. The number of anilines is 2. The molecule has 1 saturated carbocycles. The first-order valence-electron chi connectivity index (χ1n) is 10.6. The van der Waals surface area contributed by atoms with Crippen LogP contribution >= 0.6 is 0 Å². The van der Waals surface area contributed by atoms with Crippen LogP contribution in [0.4, 0.5) is 11.4 Å². The Bertz CT molecular complexity index is 1090. The Balaban J connectivity index is 1.58. The molecule has 1 aliphatic carbocycles. The van der Waals surface area contributed by atoms with Crippen LogP contribution < -0.4 is 16.0 Å². The zero-order valence-electron chi connectivity index (χ0n) is 17.8. The third kappa shape index (κ3) is 5.31. The van der Waals surface area contributed by atoms with Crippen molar-refractivity contribution in [1.29, 1.82) is 0 Å². The molecule has 0 saturated heterocycles. The molecule has 31 heavy (non-hydrogen) atoms. The summed E-state index contributed by atoms with van der Waals surface area (Å²) in [6.45, 7) is 3.97. The van der Waals surface area contributed by atoms with Crippen LogP contribution in [-0.2, 0) is 4.79 Å². The van der Waals surface area contributed by atoms with Crippen LogP contribution in [-0.4, -0.2) is 17.9 Å². The Morgan fingerprint density at radius 3 is 2.42 bits per heavy atom. The highest BCUT2D eigenvalue weighted by Gasteiger charge is 2.25. The predicted octanol–water partition coefficient (Wildman–Crippen LogP) is 4.99. The summed E-state index contributed by atoms with van der Waals surface area (Å²) in [5.41, 5.74) is 5.03. The number of hydrogen-bond acceptors (Lipinski definition) is 3. The normalized spacial score (nSPS) is 13.9. The lowest BCUT2D eigenvalue weighted by atomic mass is 10.0.